The summed E-state index contributed by atoms with van der Waals surface area (Å²) in [6.45, 7) is 2.07. The fourth-order valence-corrected chi connectivity index (χ4v) is 2.15. The molecule has 0 atom stereocenters. The average molecular weight is 341 g/mol. The molecule has 0 bridgehead atoms. The van der Waals surface area contributed by atoms with Crippen LogP contribution in [0.2, 0.25) is 0 Å². The molecule has 0 spiro atoms. The van der Waals surface area contributed by atoms with E-state index in [9.17, 15) is 5.11 Å². The van der Waals surface area contributed by atoms with Crippen molar-refractivity contribution < 1.29 is 5.11 Å². The van der Waals surface area contributed by atoms with Crippen LogP contribution in [0, 0.1) is 4.77 Å². The summed E-state index contributed by atoms with van der Waals surface area (Å²) >= 11 is 8.39. The molecule has 100 valence electrons. The first-order chi connectivity index (χ1) is 9.11. The molecular formula is C12H13BrN4OS. The lowest BCUT2D eigenvalue weighted by Gasteiger charge is -2.00. The van der Waals surface area contributed by atoms with Crippen molar-refractivity contribution >= 4 is 34.4 Å². The maximum atomic E-state index is 9.43. The summed E-state index contributed by atoms with van der Waals surface area (Å²) in [6, 6.07) is 5.15. The first kappa shape index (κ1) is 14.0. The molecule has 0 aliphatic rings. The minimum atomic E-state index is 0.198. The van der Waals surface area contributed by atoms with Crippen LogP contribution in [0.5, 0.6) is 5.75 Å². The summed E-state index contributed by atoms with van der Waals surface area (Å²) in [4.78, 5) is 0. The Balaban J connectivity index is 2.29. The first-order valence-corrected chi connectivity index (χ1v) is 7.01. The molecule has 7 heteroatoms. The largest absolute Gasteiger partial charge is 0.507 e. The average Bonchev–Trinajstić information content (AvgIpc) is 2.73. The minimum absolute atomic E-state index is 0.198. The Hall–Kier alpha value is -1.47. The van der Waals surface area contributed by atoms with Crippen molar-refractivity contribution in [3.05, 3.63) is 38.8 Å². The van der Waals surface area contributed by atoms with Gasteiger partial charge in [-0.1, -0.05) is 6.92 Å². The zero-order chi connectivity index (χ0) is 13.8. The molecule has 1 aromatic carbocycles. The molecule has 2 aromatic rings. The zero-order valence-electron chi connectivity index (χ0n) is 10.3. The van der Waals surface area contributed by atoms with E-state index in [-0.39, 0.29) is 5.75 Å². The summed E-state index contributed by atoms with van der Waals surface area (Å²) in [5, 5.41) is 20.6. The number of nitrogens with zero attached hydrogens (tertiary/aromatic N) is 3. The van der Waals surface area contributed by atoms with Gasteiger partial charge in [-0.3, -0.25) is 5.10 Å². The summed E-state index contributed by atoms with van der Waals surface area (Å²) in [7, 11) is 0. The van der Waals surface area contributed by atoms with Crippen LogP contribution in [0.4, 0.5) is 0 Å². The maximum Gasteiger partial charge on any atom is 0.216 e. The van der Waals surface area contributed by atoms with Crippen molar-refractivity contribution in [2.24, 2.45) is 5.10 Å². The number of aromatic amines is 1. The number of aromatic hydroxyl groups is 1. The van der Waals surface area contributed by atoms with Gasteiger partial charge in [-0.15, -0.1) is 0 Å². The lowest BCUT2D eigenvalue weighted by Crippen LogP contribution is -1.98. The predicted octanol–water partition coefficient (Wildman–Crippen LogP) is 3.24. The number of aromatic nitrogens is 3. The van der Waals surface area contributed by atoms with Crippen LogP contribution in [0.15, 0.2) is 27.8 Å². The Kier molecular flexibility index (Phi) is 4.49. The van der Waals surface area contributed by atoms with Crippen LogP contribution in [0.1, 0.15) is 24.7 Å². The van der Waals surface area contributed by atoms with Crippen molar-refractivity contribution in [2.75, 3.05) is 0 Å². The van der Waals surface area contributed by atoms with Crippen LogP contribution in [0.25, 0.3) is 0 Å². The lowest BCUT2D eigenvalue weighted by atomic mass is 10.2. The van der Waals surface area contributed by atoms with Gasteiger partial charge in [0.2, 0.25) is 4.77 Å². The highest BCUT2D eigenvalue weighted by Crippen LogP contribution is 2.23. The summed E-state index contributed by atoms with van der Waals surface area (Å²) in [5.74, 6) is 1.00. The summed E-state index contributed by atoms with van der Waals surface area (Å²) in [5.41, 5.74) is 0.857. The van der Waals surface area contributed by atoms with Gasteiger partial charge in [0.25, 0.3) is 0 Å². The Bertz CT molecular complexity index is 662. The molecule has 0 saturated carbocycles. The van der Waals surface area contributed by atoms with E-state index in [0.717, 1.165) is 24.2 Å². The van der Waals surface area contributed by atoms with Crippen LogP contribution < -0.4 is 0 Å². The maximum absolute atomic E-state index is 9.43. The van der Waals surface area contributed by atoms with Crippen molar-refractivity contribution in [1.29, 1.82) is 0 Å². The number of phenols is 1. The number of H-pyrrole nitrogens is 1. The number of aryl methyl sites for hydroxylation is 1. The number of halogens is 1. The predicted molar refractivity (Wildman–Crippen MR) is 80.2 cm³/mol. The first-order valence-electron chi connectivity index (χ1n) is 5.81. The van der Waals surface area contributed by atoms with Crippen molar-refractivity contribution in [2.45, 2.75) is 19.8 Å². The Labute approximate surface area is 124 Å². The van der Waals surface area contributed by atoms with Crippen LogP contribution >= 0.6 is 28.1 Å². The Morgan fingerprint density at radius 2 is 2.37 bits per heavy atom. The van der Waals surface area contributed by atoms with Crippen molar-refractivity contribution in [3.63, 3.8) is 0 Å². The fourth-order valence-electron chi connectivity index (χ4n) is 1.56. The van der Waals surface area contributed by atoms with E-state index in [1.807, 2.05) is 0 Å². The second-order valence-corrected chi connectivity index (χ2v) is 5.20. The number of hydrogen-bond donors (Lipinski definition) is 2. The van der Waals surface area contributed by atoms with E-state index in [4.69, 9.17) is 12.2 Å². The third kappa shape index (κ3) is 3.30. The van der Waals surface area contributed by atoms with Gasteiger partial charge < -0.3 is 5.11 Å². The van der Waals surface area contributed by atoms with Crippen molar-refractivity contribution in [3.8, 4) is 5.75 Å². The highest BCUT2D eigenvalue weighted by molar-refractivity contribution is 9.10. The SMILES string of the molecule is CCCc1n[nH]c(=S)n1/N=C\c1ccc(O)c(Br)c1. The van der Waals surface area contributed by atoms with E-state index in [0.29, 0.717) is 9.24 Å². The molecule has 5 nitrogen and oxygen atoms in total. The molecule has 0 fully saturated rings. The molecular weight excluding hydrogens is 328 g/mol. The van der Waals surface area contributed by atoms with Gasteiger partial charge in [0.05, 0.1) is 10.7 Å². The standard InChI is InChI=1S/C12H13BrN4OS/c1-2-3-11-15-16-12(19)17(11)14-7-8-4-5-10(18)9(13)6-8/h4-7,18H,2-3H2,1H3,(H,16,19)/b14-7-. The van der Waals surface area contributed by atoms with E-state index >= 15 is 0 Å². The normalized spacial score (nSPS) is 11.3. The molecule has 2 rings (SSSR count). The number of nitrogens with one attached hydrogen (secondary N) is 1. The Morgan fingerprint density at radius 1 is 1.58 bits per heavy atom. The third-order valence-corrected chi connectivity index (χ3v) is 3.38. The molecule has 0 aliphatic heterocycles. The highest BCUT2D eigenvalue weighted by Gasteiger charge is 2.03. The molecule has 0 amide bonds. The molecule has 0 aliphatic carbocycles. The summed E-state index contributed by atoms with van der Waals surface area (Å²) < 4.78 is 2.71. The van der Waals surface area contributed by atoms with E-state index in [1.54, 1.807) is 29.1 Å². The second kappa shape index (κ2) is 6.12. The third-order valence-electron chi connectivity index (χ3n) is 2.49. The number of phenolic OH excluding ortho intramolecular Hbond substituents is 1. The van der Waals surface area contributed by atoms with E-state index < -0.39 is 0 Å². The lowest BCUT2D eigenvalue weighted by molar-refractivity contribution is 0.472. The van der Waals surface area contributed by atoms with Gasteiger partial charge in [0.1, 0.15) is 5.75 Å². The topological polar surface area (TPSA) is 66.2 Å². The molecule has 19 heavy (non-hydrogen) atoms. The minimum Gasteiger partial charge on any atom is -0.507 e. The van der Waals surface area contributed by atoms with E-state index in [2.05, 4.69) is 38.2 Å². The molecule has 0 radical (unpaired) electrons. The summed E-state index contributed by atoms with van der Waals surface area (Å²) in [6.07, 6.45) is 3.46. The monoisotopic (exact) mass is 340 g/mol. The molecule has 2 N–H and O–H groups in total. The van der Waals surface area contributed by atoms with Gasteiger partial charge in [0, 0.05) is 6.42 Å². The fraction of sp³-hybridized carbons (Fsp3) is 0.250. The van der Waals surface area contributed by atoms with Crippen LogP contribution in [0.3, 0.4) is 0 Å². The van der Waals surface area contributed by atoms with Gasteiger partial charge in [-0.05, 0) is 58.3 Å². The van der Waals surface area contributed by atoms with Crippen LogP contribution in [-0.4, -0.2) is 26.2 Å². The number of hydrogen-bond acceptors (Lipinski definition) is 4. The van der Waals surface area contributed by atoms with Gasteiger partial charge in [-0.2, -0.15) is 14.9 Å². The smallest absolute Gasteiger partial charge is 0.216 e. The van der Waals surface area contributed by atoms with Gasteiger partial charge in [-0.25, -0.2) is 0 Å². The highest BCUT2D eigenvalue weighted by atomic mass is 79.9. The molecule has 1 aromatic heterocycles. The Morgan fingerprint density at radius 3 is 3.05 bits per heavy atom. The molecule has 0 unspecified atom stereocenters. The van der Waals surface area contributed by atoms with Gasteiger partial charge >= 0.3 is 0 Å². The second-order valence-electron chi connectivity index (χ2n) is 3.96. The van der Waals surface area contributed by atoms with Crippen LogP contribution in [-0.2, 0) is 6.42 Å². The quantitative estimate of drug-likeness (QED) is 0.663. The number of benzene rings is 1. The van der Waals surface area contributed by atoms with Crippen molar-refractivity contribution in [1.82, 2.24) is 14.9 Å². The zero-order valence-corrected chi connectivity index (χ0v) is 12.7. The molecule has 0 saturated heterocycles. The number of rotatable bonds is 4. The molecule has 1 heterocycles. The van der Waals surface area contributed by atoms with E-state index in [1.165, 1.54) is 0 Å². The van der Waals surface area contributed by atoms with Gasteiger partial charge in [0.15, 0.2) is 5.82 Å².